The summed E-state index contributed by atoms with van der Waals surface area (Å²) in [6.45, 7) is 5.32. The van der Waals surface area contributed by atoms with Gasteiger partial charge in [-0.1, -0.05) is 31.2 Å². The summed E-state index contributed by atoms with van der Waals surface area (Å²) in [5, 5.41) is 18.5. The fourth-order valence-corrected chi connectivity index (χ4v) is 1.73. The van der Waals surface area contributed by atoms with Crippen LogP contribution < -0.4 is 0 Å². The summed E-state index contributed by atoms with van der Waals surface area (Å²) in [6.07, 6.45) is 2.11. The highest BCUT2D eigenvalue weighted by Gasteiger charge is 2.13. The van der Waals surface area contributed by atoms with Crippen LogP contribution in [0, 0.1) is 5.92 Å². The van der Waals surface area contributed by atoms with Gasteiger partial charge in [-0.25, -0.2) is 0 Å². The van der Waals surface area contributed by atoms with Gasteiger partial charge < -0.3 is 10.2 Å². The van der Waals surface area contributed by atoms with Crippen LogP contribution in [0.3, 0.4) is 0 Å². The molecule has 0 amide bonds. The third-order valence-corrected chi connectivity index (χ3v) is 3.01. The molecular weight excluding hydrogens is 228 g/mol. The zero-order chi connectivity index (χ0) is 13.8. The third kappa shape index (κ3) is 5.32. The molecule has 18 heavy (non-hydrogen) atoms. The van der Waals surface area contributed by atoms with Crippen LogP contribution in [0.15, 0.2) is 24.3 Å². The average molecular weight is 250 g/mol. The maximum Gasteiger partial charge on any atom is 0.306 e. The molecule has 3 nitrogen and oxygen atoms in total. The second-order valence-electron chi connectivity index (χ2n) is 5.57. The number of hydrogen-bond acceptors (Lipinski definition) is 2. The number of benzene rings is 1. The van der Waals surface area contributed by atoms with Crippen LogP contribution in [-0.2, 0) is 17.6 Å². The maximum atomic E-state index is 10.8. The van der Waals surface area contributed by atoms with Gasteiger partial charge in [0.1, 0.15) is 0 Å². The van der Waals surface area contributed by atoms with E-state index < -0.39 is 11.6 Å². The van der Waals surface area contributed by atoms with E-state index in [-0.39, 0.29) is 5.92 Å². The highest BCUT2D eigenvalue weighted by atomic mass is 16.4. The van der Waals surface area contributed by atoms with Gasteiger partial charge in [-0.15, -0.1) is 0 Å². The van der Waals surface area contributed by atoms with E-state index in [1.807, 2.05) is 24.3 Å². The zero-order valence-electron chi connectivity index (χ0n) is 11.3. The summed E-state index contributed by atoms with van der Waals surface area (Å²) in [6, 6.07) is 7.96. The molecule has 0 fully saturated rings. The van der Waals surface area contributed by atoms with Crippen molar-refractivity contribution < 1.29 is 15.0 Å². The lowest BCUT2D eigenvalue weighted by Crippen LogP contribution is -2.19. The van der Waals surface area contributed by atoms with Crippen LogP contribution in [0.25, 0.3) is 0 Å². The Balaban J connectivity index is 2.55. The van der Waals surface area contributed by atoms with E-state index >= 15 is 0 Å². The molecule has 1 unspecified atom stereocenters. The van der Waals surface area contributed by atoms with E-state index in [1.165, 1.54) is 5.56 Å². The maximum absolute atomic E-state index is 10.8. The Kier molecular flexibility index (Phi) is 4.91. The minimum absolute atomic E-state index is 0.354. The van der Waals surface area contributed by atoms with Crippen LogP contribution >= 0.6 is 0 Å². The standard InChI is InChI=1S/C15H22O3/c1-11(14(16)17)10-13-6-4-12(5-7-13)8-9-15(2,3)18/h4-7,11,18H,8-10H2,1-3H3,(H,16,17). The van der Waals surface area contributed by atoms with E-state index in [4.69, 9.17) is 5.11 Å². The zero-order valence-corrected chi connectivity index (χ0v) is 11.3. The first kappa shape index (κ1) is 14.7. The quantitative estimate of drug-likeness (QED) is 0.816. The summed E-state index contributed by atoms with van der Waals surface area (Å²) < 4.78 is 0. The van der Waals surface area contributed by atoms with E-state index in [2.05, 4.69) is 0 Å². The van der Waals surface area contributed by atoms with Crippen molar-refractivity contribution in [3.8, 4) is 0 Å². The fraction of sp³-hybridized carbons (Fsp3) is 0.533. The van der Waals surface area contributed by atoms with E-state index in [1.54, 1.807) is 20.8 Å². The molecular formula is C15H22O3. The summed E-state index contributed by atoms with van der Waals surface area (Å²) in [5.41, 5.74) is 1.57. The van der Waals surface area contributed by atoms with Gasteiger partial charge in [-0.05, 0) is 44.2 Å². The van der Waals surface area contributed by atoms with Crippen molar-refractivity contribution >= 4 is 5.97 Å². The molecule has 1 aromatic carbocycles. The van der Waals surface area contributed by atoms with Crippen LogP contribution in [-0.4, -0.2) is 21.8 Å². The van der Waals surface area contributed by atoms with Gasteiger partial charge in [0.05, 0.1) is 11.5 Å². The first-order chi connectivity index (χ1) is 8.28. The number of aliphatic hydroxyl groups is 1. The van der Waals surface area contributed by atoms with Gasteiger partial charge in [0.15, 0.2) is 0 Å². The molecule has 0 radical (unpaired) electrons. The SMILES string of the molecule is CC(Cc1ccc(CCC(C)(C)O)cc1)C(=O)O. The summed E-state index contributed by atoms with van der Waals surface area (Å²) in [5.74, 6) is -1.12. The van der Waals surface area contributed by atoms with Crippen molar-refractivity contribution in [3.05, 3.63) is 35.4 Å². The van der Waals surface area contributed by atoms with Crippen LogP contribution in [0.1, 0.15) is 38.3 Å². The lowest BCUT2D eigenvalue weighted by molar-refractivity contribution is -0.141. The van der Waals surface area contributed by atoms with Gasteiger partial charge >= 0.3 is 5.97 Å². The van der Waals surface area contributed by atoms with Crippen LogP contribution in [0.4, 0.5) is 0 Å². The molecule has 0 saturated carbocycles. The number of aliphatic carboxylic acids is 1. The predicted molar refractivity (Wildman–Crippen MR) is 71.6 cm³/mol. The molecule has 1 rings (SSSR count). The molecule has 3 heteroatoms. The van der Waals surface area contributed by atoms with Crippen molar-refractivity contribution in [1.82, 2.24) is 0 Å². The average Bonchev–Trinajstić information content (AvgIpc) is 2.27. The van der Waals surface area contributed by atoms with E-state index in [0.717, 1.165) is 18.4 Å². The molecule has 0 aromatic heterocycles. The Morgan fingerprint density at radius 2 is 1.72 bits per heavy atom. The lowest BCUT2D eigenvalue weighted by Gasteiger charge is -2.16. The molecule has 0 aliphatic carbocycles. The van der Waals surface area contributed by atoms with Crippen molar-refractivity contribution in [2.24, 2.45) is 5.92 Å². The van der Waals surface area contributed by atoms with Crippen LogP contribution in [0.2, 0.25) is 0 Å². The third-order valence-electron chi connectivity index (χ3n) is 3.01. The van der Waals surface area contributed by atoms with Gasteiger partial charge in [-0.2, -0.15) is 0 Å². The minimum Gasteiger partial charge on any atom is -0.481 e. The first-order valence-corrected chi connectivity index (χ1v) is 6.31. The molecule has 0 bridgehead atoms. The van der Waals surface area contributed by atoms with Gasteiger partial charge in [0.2, 0.25) is 0 Å². The summed E-state index contributed by atoms with van der Waals surface area (Å²) in [4.78, 5) is 10.8. The molecule has 1 atom stereocenters. The number of carboxylic acids is 1. The monoisotopic (exact) mass is 250 g/mol. The minimum atomic E-state index is -0.763. The topological polar surface area (TPSA) is 57.5 Å². The van der Waals surface area contributed by atoms with Crippen LogP contribution in [0.5, 0.6) is 0 Å². The summed E-state index contributed by atoms with van der Waals surface area (Å²) >= 11 is 0. The second kappa shape index (κ2) is 6.01. The Hall–Kier alpha value is -1.35. The number of rotatable bonds is 6. The Morgan fingerprint density at radius 3 is 2.17 bits per heavy atom. The Bertz CT molecular complexity index is 387. The molecule has 100 valence electrons. The molecule has 2 N–H and O–H groups in total. The second-order valence-corrected chi connectivity index (χ2v) is 5.57. The molecule has 0 spiro atoms. The van der Waals surface area contributed by atoms with Gasteiger partial charge in [0, 0.05) is 0 Å². The van der Waals surface area contributed by atoms with Crippen molar-refractivity contribution in [1.29, 1.82) is 0 Å². The Labute approximate surface area is 108 Å². The molecule has 0 saturated heterocycles. The van der Waals surface area contributed by atoms with Crippen molar-refractivity contribution in [2.45, 2.75) is 45.6 Å². The normalized spacial score (nSPS) is 13.3. The van der Waals surface area contributed by atoms with Gasteiger partial charge in [0.25, 0.3) is 0 Å². The highest BCUT2D eigenvalue weighted by molar-refractivity contribution is 5.69. The smallest absolute Gasteiger partial charge is 0.306 e. The molecule has 1 aromatic rings. The molecule has 0 aliphatic rings. The van der Waals surface area contributed by atoms with E-state index in [9.17, 15) is 9.90 Å². The number of hydrogen-bond donors (Lipinski definition) is 2. The van der Waals surface area contributed by atoms with Crippen molar-refractivity contribution in [2.75, 3.05) is 0 Å². The molecule has 0 aliphatic heterocycles. The lowest BCUT2D eigenvalue weighted by atomic mass is 9.96. The highest BCUT2D eigenvalue weighted by Crippen LogP contribution is 2.15. The predicted octanol–water partition coefficient (Wildman–Crippen LogP) is 2.65. The Morgan fingerprint density at radius 1 is 1.22 bits per heavy atom. The molecule has 0 heterocycles. The first-order valence-electron chi connectivity index (χ1n) is 6.31. The number of carboxylic acid groups (broad SMARTS) is 1. The largest absolute Gasteiger partial charge is 0.481 e. The fourth-order valence-electron chi connectivity index (χ4n) is 1.73. The number of aryl methyl sites for hydroxylation is 1. The number of carbonyl (C=O) groups is 1. The van der Waals surface area contributed by atoms with E-state index in [0.29, 0.717) is 6.42 Å². The van der Waals surface area contributed by atoms with Crippen molar-refractivity contribution in [3.63, 3.8) is 0 Å². The van der Waals surface area contributed by atoms with Gasteiger partial charge in [-0.3, -0.25) is 4.79 Å². The summed E-state index contributed by atoms with van der Waals surface area (Å²) in [7, 11) is 0.